The van der Waals surface area contributed by atoms with Crippen molar-refractivity contribution in [3.63, 3.8) is 0 Å². The van der Waals surface area contributed by atoms with Gasteiger partial charge in [-0.15, -0.1) is 0 Å². The van der Waals surface area contributed by atoms with E-state index in [1.165, 1.54) is 0 Å². The summed E-state index contributed by atoms with van der Waals surface area (Å²) in [6, 6.07) is 3.06. The quantitative estimate of drug-likeness (QED) is 0.528. The van der Waals surface area contributed by atoms with Gasteiger partial charge in [-0.25, -0.2) is 4.39 Å². The molecule has 6 heteroatoms. The van der Waals surface area contributed by atoms with Crippen molar-refractivity contribution in [1.29, 1.82) is 0 Å². The van der Waals surface area contributed by atoms with Gasteiger partial charge in [0.2, 0.25) is 5.91 Å². The third-order valence-corrected chi connectivity index (χ3v) is 2.32. The molecule has 2 rings (SSSR count). The van der Waals surface area contributed by atoms with Crippen LogP contribution in [0.2, 0.25) is 0 Å². The Bertz CT molecular complexity index is 512. The second kappa shape index (κ2) is 3.41. The number of rotatable bonds is 1. The van der Waals surface area contributed by atoms with E-state index in [0.29, 0.717) is 0 Å². The summed E-state index contributed by atoms with van der Waals surface area (Å²) in [5, 5.41) is 10.7. The lowest BCUT2D eigenvalue weighted by Gasteiger charge is -2.20. The maximum absolute atomic E-state index is 12.9. The summed E-state index contributed by atoms with van der Waals surface area (Å²) < 4.78 is 12.9. The largest absolute Gasteiger partial charge is 0.480 e. The molecule has 0 radical (unpaired) electrons. The van der Waals surface area contributed by atoms with Gasteiger partial charge in [0.1, 0.15) is 5.82 Å². The highest BCUT2D eigenvalue weighted by atomic mass is 19.1. The molecular weight excluding hydrogens is 217 g/mol. The molecule has 0 fully saturated rings. The predicted molar refractivity (Wildman–Crippen MR) is 49.3 cm³/mol. The molecule has 1 aromatic rings. The van der Waals surface area contributed by atoms with E-state index in [-0.39, 0.29) is 11.1 Å². The van der Waals surface area contributed by atoms with Gasteiger partial charge in [-0.05, 0) is 17.7 Å². The van der Waals surface area contributed by atoms with Crippen molar-refractivity contribution >= 4 is 17.8 Å². The normalized spacial score (nSPS) is 18.9. The molecule has 1 aliphatic heterocycles. The van der Waals surface area contributed by atoms with Crippen LogP contribution < -0.4 is 5.32 Å². The van der Waals surface area contributed by atoms with Gasteiger partial charge in [0.15, 0.2) is 5.92 Å². The van der Waals surface area contributed by atoms with E-state index in [1.807, 2.05) is 5.32 Å². The van der Waals surface area contributed by atoms with Crippen LogP contribution in [0.5, 0.6) is 0 Å². The Labute approximate surface area is 88.9 Å². The Hall–Kier alpha value is -2.24. The van der Waals surface area contributed by atoms with E-state index in [2.05, 4.69) is 0 Å². The molecule has 0 aromatic heterocycles. The zero-order valence-electron chi connectivity index (χ0n) is 7.86. The molecule has 0 saturated heterocycles. The van der Waals surface area contributed by atoms with E-state index in [9.17, 15) is 18.8 Å². The zero-order valence-corrected chi connectivity index (χ0v) is 7.86. The molecule has 5 nitrogen and oxygen atoms in total. The highest BCUT2D eigenvalue weighted by Gasteiger charge is 2.37. The molecule has 1 atom stereocenters. The van der Waals surface area contributed by atoms with Crippen LogP contribution in [0.1, 0.15) is 21.8 Å². The monoisotopic (exact) mass is 223 g/mol. The van der Waals surface area contributed by atoms with E-state index in [4.69, 9.17) is 5.11 Å². The number of hydrogen-bond acceptors (Lipinski definition) is 3. The third kappa shape index (κ3) is 1.44. The molecule has 1 aromatic carbocycles. The summed E-state index contributed by atoms with van der Waals surface area (Å²) in [6.45, 7) is 0. The minimum absolute atomic E-state index is 0.0163. The van der Waals surface area contributed by atoms with Crippen LogP contribution in [0.25, 0.3) is 0 Å². The van der Waals surface area contributed by atoms with Crippen molar-refractivity contribution in [2.75, 3.05) is 0 Å². The molecule has 2 amide bonds. The number of aliphatic carboxylic acids is 1. The molecule has 82 valence electrons. The van der Waals surface area contributed by atoms with Gasteiger partial charge < -0.3 is 5.11 Å². The molecule has 1 heterocycles. The van der Waals surface area contributed by atoms with Crippen LogP contribution in [0, 0.1) is 5.82 Å². The first-order valence-corrected chi connectivity index (χ1v) is 4.38. The standard InChI is InChI=1S/C10H6FNO4/c11-4-1-2-5-6(3-4)8(13)12-9(14)7(5)10(15)16/h1-3,7H,(H,15,16)(H,12,13,14). The van der Waals surface area contributed by atoms with Gasteiger partial charge in [0.05, 0.1) is 0 Å². The zero-order chi connectivity index (χ0) is 11.9. The van der Waals surface area contributed by atoms with Gasteiger partial charge in [-0.2, -0.15) is 0 Å². The molecule has 2 N–H and O–H groups in total. The number of nitrogens with one attached hydrogen (secondary N) is 1. The number of halogens is 1. The molecular formula is C10H6FNO4. The van der Waals surface area contributed by atoms with Crippen molar-refractivity contribution in [2.24, 2.45) is 0 Å². The molecule has 16 heavy (non-hydrogen) atoms. The summed E-state index contributed by atoms with van der Waals surface area (Å²) in [6.07, 6.45) is 0. The maximum Gasteiger partial charge on any atom is 0.320 e. The third-order valence-electron chi connectivity index (χ3n) is 2.32. The number of fused-ring (bicyclic) bond motifs is 1. The van der Waals surface area contributed by atoms with Crippen LogP contribution in [-0.4, -0.2) is 22.9 Å². The molecule has 0 spiro atoms. The van der Waals surface area contributed by atoms with E-state index in [0.717, 1.165) is 18.2 Å². The smallest absolute Gasteiger partial charge is 0.320 e. The lowest BCUT2D eigenvalue weighted by Crippen LogP contribution is -2.43. The van der Waals surface area contributed by atoms with Crippen LogP contribution >= 0.6 is 0 Å². The second-order valence-electron chi connectivity index (χ2n) is 3.32. The number of benzene rings is 1. The van der Waals surface area contributed by atoms with Crippen LogP contribution in [0.4, 0.5) is 4.39 Å². The number of hydrogen-bond donors (Lipinski definition) is 2. The average Bonchev–Trinajstić information content (AvgIpc) is 2.18. The van der Waals surface area contributed by atoms with E-state index >= 15 is 0 Å². The topological polar surface area (TPSA) is 83.5 Å². The number of imide groups is 1. The van der Waals surface area contributed by atoms with E-state index < -0.39 is 29.5 Å². The first-order valence-electron chi connectivity index (χ1n) is 4.38. The van der Waals surface area contributed by atoms with Crippen molar-refractivity contribution in [2.45, 2.75) is 5.92 Å². The molecule has 1 aliphatic rings. The number of carboxylic acids is 1. The van der Waals surface area contributed by atoms with Crippen molar-refractivity contribution < 1.29 is 23.9 Å². The first-order chi connectivity index (χ1) is 7.50. The summed E-state index contributed by atoms with van der Waals surface area (Å²) in [5.74, 6) is -5.19. The second-order valence-corrected chi connectivity index (χ2v) is 3.32. The Morgan fingerprint density at radius 3 is 2.69 bits per heavy atom. The van der Waals surface area contributed by atoms with Gasteiger partial charge in [0.25, 0.3) is 5.91 Å². The molecule has 0 saturated carbocycles. The lowest BCUT2D eigenvalue weighted by molar-refractivity contribution is -0.143. The maximum atomic E-state index is 12.9. The fourth-order valence-electron chi connectivity index (χ4n) is 1.61. The van der Waals surface area contributed by atoms with Crippen LogP contribution in [0.3, 0.4) is 0 Å². The Balaban J connectivity index is 2.63. The number of carboxylic acid groups (broad SMARTS) is 1. The fourth-order valence-corrected chi connectivity index (χ4v) is 1.61. The minimum Gasteiger partial charge on any atom is -0.480 e. The molecule has 1 unspecified atom stereocenters. The highest BCUT2D eigenvalue weighted by Crippen LogP contribution is 2.25. The highest BCUT2D eigenvalue weighted by molar-refractivity contribution is 6.17. The Morgan fingerprint density at radius 2 is 2.06 bits per heavy atom. The van der Waals surface area contributed by atoms with Crippen molar-refractivity contribution in [1.82, 2.24) is 5.32 Å². The summed E-state index contributed by atoms with van der Waals surface area (Å²) >= 11 is 0. The van der Waals surface area contributed by atoms with Crippen LogP contribution in [0.15, 0.2) is 18.2 Å². The number of carbonyl (C=O) groups is 3. The lowest BCUT2D eigenvalue weighted by atomic mass is 9.90. The average molecular weight is 223 g/mol. The number of amides is 2. The minimum atomic E-state index is -1.46. The Kier molecular flexibility index (Phi) is 2.19. The van der Waals surface area contributed by atoms with Crippen LogP contribution in [-0.2, 0) is 9.59 Å². The fraction of sp³-hybridized carbons (Fsp3) is 0.100. The SMILES string of the molecule is O=C1NC(=O)C(C(=O)O)c2ccc(F)cc21. The van der Waals surface area contributed by atoms with Gasteiger partial charge in [-0.1, -0.05) is 6.07 Å². The summed E-state index contributed by atoms with van der Waals surface area (Å²) in [7, 11) is 0. The molecule has 0 bridgehead atoms. The Morgan fingerprint density at radius 1 is 1.38 bits per heavy atom. The first kappa shape index (κ1) is 10.3. The van der Waals surface area contributed by atoms with Crippen molar-refractivity contribution in [3.8, 4) is 0 Å². The predicted octanol–water partition coefficient (Wildman–Crippen LogP) is 0.264. The van der Waals surface area contributed by atoms with Gasteiger partial charge >= 0.3 is 5.97 Å². The van der Waals surface area contributed by atoms with Gasteiger partial charge in [-0.3, -0.25) is 19.7 Å². The summed E-state index contributed by atoms with van der Waals surface area (Å²) in [5.41, 5.74) is -0.102. The van der Waals surface area contributed by atoms with Crippen molar-refractivity contribution in [3.05, 3.63) is 35.1 Å². The molecule has 0 aliphatic carbocycles. The number of carbonyl (C=O) groups excluding carboxylic acids is 2. The summed E-state index contributed by atoms with van der Waals surface area (Å²) in [4.78, 5) is 33.5. The van der Waals surface area contributed by atoms with E-state index in [1.54, 1.807) is 0 Å². The van der Waals surface area contributed by atoms with Gasteiger partial charge in [0, 0.05) is 5.56 Å².